The van der Waals surface area contributed by atoms with Gasteiger partial charge in [-0.3, -0.25) is 14.5 Å². The highest BCUT2D eigenvalue weighted by molar-refractivity contribution is 5.79. The monoisotopic (exact) mass is 331 g/mol. The molecule has 0 aromatic heterocycles. The van der Waals surface area contributed by atoms with Crippen molar-refractivity contribution in [3.8, 4) is 0 Å². The smallest absolute Gasteiger partial charge is 0.234 e. The van der Waals surface area contributed by atoms with E-state index in [2.05, 4.69) is 15.5 Å². The van der Waals surface area contributed by atoms with Gasteiger partial charge in [0.15, 0.2) is 0 Å². The Labute approximate surface area is 142 Å². The molecule has 2 fully saturated rings. The molecule has 6 nitrogen and oxygen atoms in total. The van der Waals surface area contributed by atoms with E-state index in [4.69, 9.17) is 4.74 Å². The van der Waals surface area contributed by atoms with E-state index in [0.29, 0.717) is 32.6 Å². The Morgan fingerprint density at radius 3 is 2.92 bits per heavy atom. The number of nitrogens with one attached hydrogen (secondary N) is 2. The first-order chi connectivity index (χ1) is 11.7. The second kappa shape index (κ2) is 8.26. The minimum Gasteiger partial charge on any atom is -0.376 e. The van der Waals surface area contributed by atoms with Crippen molar-refractivity contribution in [1.29, 1.82) is 0 Å². The molecule has 2 amide bonds. The third-order valence-corrected chi connectivity index (χ3v) is 4.62. The zero-order valence-corrected chi connectivity index (χ0v) is 13.9. The van der Waals surface area contributed by atoms with E-state index in [-0.39, 0.29) is 24.0 Å². The molecule has 0 bridgehead atoms. The summed E-state index contributed by atoms with van der Waals surface area (Å²) in [6, 6.07) is 9.85. The van der Waals surface area contributed by atoms with E-state index in [1.807, 2.05) is 30.3 Å². The van der Waals surface area contributed by atoms with Gasteiger partial charge in [-0.25, -0.2) is 0 Å². The first kappa shape index (κ1) is 16.9. The van der Waals surface area contributed by atoms with Gasteiger partial charge in [0.05, 0.1) is 12.6 Å². The summed E-state index contributed by atoms with van der Waals surface area (Å²) in [5, 5.41) is 5.86. The summed E-state index contributed by atoms with van der Waals surface area (Å²) in [7, 11) is 0. The maximum Gasteiger partial charge on any atom is 0.234 e. The van der Waals surface area contributed by atoms with Crippen molar-refractivity contribution in [3.63, 3.8) is 0 Å². The number of hydrogen-bond acceptors (Lipinski definition) is 4. The molecule has 6 heteroatoms. The molecule has 1 aromatic carbocycles. The molecule has 2 heterocycles. The van der Waals surface area contributed by atoms with Gasteiger partial charge in [0, 0.05) is 38.7 Å². The molecule has 0 spiro atoms. The molecule has 0 radical (unpaired) electrons. The van der Waals surface area contributed by atoms with Crippen molar-refractivity contribution in [2.75, 3.05) is 32.8 Å². The van der Waals surface area contributed by atoms with Crippen LogP contribution in [0.15, 0.2) is 30.3 Å². The summed E-state index contributed by atoms with van der Waals surface area (Å²) < 4.78 is 5.53. The highest BCUT2D eigenvalue weighted by Gasteiger charge is 2.27. The topological polar surface area (TPSA) is 70.7 Å². The van der Waals surface area contributed by atoms with E-state index < -0.39 is 0 Å². The SMILES string of the molecule is O=C1C[C@@H](c2ccccc2)N(CC(=O)NC[C@@H]2CCCO2)CCN1. The number of ether oxygens (including phenoxy) is 1. The molecule has 2 N–H and O–H groups in total. The normalized spacial score (nSPS) is 25.1. The third kappa shape index (κ3) is 4.55. The average Bonchev–Trinajstić information content (AvgIpc) is 3.05. The molecule has 24 heavy (non-hydrogen) atoms. The van der Waals surface area contributed by atoms with Gasteiger partial charge in [-0.1, -0.05) is 30.3 Å². The summed E-state index contributed by atoms with van der Waals surface area (Å²) in [5.41, 5.74) is 1.07. The fraction of sp³-hybridized carbons (Fsp3) is 0.556. The van der Waals surface area contributed by atoms with Crippen molar-refractivity contribution < 1.29 is 14.3 Å². The van der Waals surface area contributed by atoms with Crippen LogP contribution >= 0.6 is 0 Å². The lowest BCUT2D eigenvalue weighted by atomic mass is 10.0. The zero-order valence-electron chi connectivity index (χ0n) is 13.9. The molecular weight excluding hydrogens is 306 g/mol. The molecule has 0 unspecified atom stereocenters. The van der Waals surface area contributed by atoms with Crippen LogP contribution in [-0.2, 0) is 14.3 Å². The van der Waals surface area contributed by atoms with Crippen LogP contribution in [0.2, 0.25) is 0 Å². The van der Waals surface area contributed by atoms with Crippen LogP contribution in [0.25, 0.3) is 0 Å². The summed E-state index contributed by atoms with van der Waals surface area (Å²) in [5.74, 6) is 0.0203. The number of hydrogen-bond donors (Lipinski definition) is 2. The van der Waals surface area contributed by atoms with Crippen LogP contribution in [0.4, 0.5) is 0 Å². The highest BCUT2D eigenvalue weighted by atomic mass is 16.5. The van der Waals surface area contributed by atoms with Gasteiger partial charge in [-0.2, -0.15) is 0 Å². The van der Waals surface area contributed by atoms with Crippen LogP contribution in [0.3, 0.4) is 0 Å². The van der Waals surface area contributed by atoms with Gasteiger partial charge < -0.3 is 15.4 Å². The lowest BCUT2D eigenvalue weighted by Gasteiger charge is -2.28. The zero-order chi connectivity index (χ0) is 16.8. The van der Waals surface area contributed by atoms with E-state index in [1.54, 1.807) is 0 Å². The van der Waals surface area contributed by atoms with Crippen LogP contribution in [0, 0.1) is 0 Å². The third-order valence-electron chi connectivity index (χ3n) is 4.62. The first-order valence-electron chi connectivity index (χ1n) is 8.66. The van der Waals surface area contributed by atoms with Crippen molar-refractivity contribution in [2.24, 2.45) is 0 Å². The Kier molecular flexibility index (Phi) is 5.82. The number of nitrogens with zero attached hydrogens (tertiary/aromatic N) is 1. The molecular formula is C18H25N3O3. The second-order valence-corrected chi connectivity index (χ2v) is 6.39. The van der Waals surface area contributed by atoms with Gasteiger partial charge in [0.2, 0.25) is 11.8 Å². The van der Waals surface area contributed by atoms with Gasteiger partial charge in [-0.15, -0.1) is 0 Å². The van der Waals surface area contributed by atoms with E-state index in [9.17, 15) is 9.59 Å². The Bertz CT molecular complexity index is 558. The Morgan fingerprint density at radius 2 is 2.17 bits per heavy atom. The Hall–Kier alpha value is -1.92. The first-order valence-corrected chi connectivity index (χ1v) is 8.66. The Morgan fingerprint density at radius 1 is 1.33 bits per heavy atom. The predicted molar refractivity (Wildman–Crippen MR) is 90.4 cm³/mol. The summed E-state index contributed by atoms with van der Waals surface area (Å²) in [4.78, 5) is 26.3. The molecule has 2 aliphatic rings. The van der Waals surface area contributed by atoms with Crippen LogP contribution in [0.1, 0.15) is 30.9 Å². The number of benzene rings is 1. The highest BCUT2D eigenvalue weighted by Crippen LogP contribution is 2.25. The predicted octanol–water partition coefficient (Wildman–Crippen LogP) is 0.845. The standard InChI is InChI=1S/C18H25N3O3/c22-17-11-16(14-5-2-1-3-6-14)21(9-8-19-17)13-18(23)20-12-15-7-4-10-24-15/h1-3,5-6,15-16H,4,7-13H2,(H,19,22)(H,20,23)/t15-,16-/m0/s1. The van der Waals surface area contributed by atoms with E-state index in [0.717, 1.165) is 25.0 Å². The van der Waals surface area contributed by atoms with Crippen molar-refractivity contribution >= 4 is 11.8 Å². The molecule has 130 valence electrons. The van der Waals surface area contributed by atoms with Crippen LogP contribution in [-0.4, -0.2) is 55.6 Å². The molecule has 1 aromatic rings. The number of carbonyl (C=O) groups is 2. The fourth-order valence-corrected chi connectivity index (χ4v) is 3.34. The Balaban J connectivity index is 1.61. The van der Waals surface area contributed by atoms with Crippen LogP contribution in [0.5, 0.6) is 0 Å². The maximum atomic E-state index is 12.3. The number of amides is 2. The molecule has 2 aliphatic heterocycles. The molecule has 0 saturated carbocycles. The average molecular weight is 331 g/mol. The van der Waals surface area contributed by atoms with Gasteiger partial charge in [0.25, 0.3) is 0 Å². The van der Waals surface area contributed by atoms with E-state index >= 15 is 0 Å². The number of carbonyl (C=O) groups excluding carboxylic acids is 2. The minimum absolute atomic E-state index is 0.0132. The number of rotatable bonds is 5. The lowest BCUT2D eigenvalue weighted by molar-refractivity contribution is -0.124. The van der Waals surface area contributed by atoms with Gasteiger partial charge >= 0.3 is 0 Å². The fourth-order valence-electron chi connectivity index (χ4n) is 3.34. The minimum atomic E-state index is -0.0674. The van der Waals surface area contributed by atoms with Gasteiger partial charge in [-0.05, 0) is 18.4 Å². The van der Waals surface area contributed by atoms with Crippen LogP contribution < -0.4 is 10.6 Å². The summed E-state index contributed by atoms with van der Waals surface area (Å²) in [6.45, 7) is 2.89. The van der Waals surface area contributed by atoms with Crippen molar-refractivity contribution in [3.05, 3.63) is 35.9 Å². The summed E-state index contributed by atoms with van der Waals surface area (Å²) >= 11 is 0. The molecule has 0 aliphatic carbocycles. The largest absolute Gasteiger partial charge is 0.376 e. The van der Waals surface area contributed by atoms with Crippen molar-refractivity contribution in [1.82, 2.24) is 15.5 Å². The summed E-state index contributed by atoms with van der Waals surface area (Å²) in [6.07, 6.45) is 2.60. The quantitative estimate of drug-likeness (QED) is 0.839. The molecule has 2 atom stereocenters. The van der Waals surface area contributed by atoms with Crippen molar-refractivity contribution in [2.45, 2.75) is 31.4 Å². The second-order valence-electron chi connectivity index (χ2n) is 6.39. The van der Waals surface area contributed by atoms with E-state index in [1.165, 1.54) is 0 Å². The maximum absolute atomic E-state index is 12.3. The lowest BCUT2D eigenvalue weighted by Crippen LogP contribution is -2.42. The molecule has 3 rings (SSSR count). The molecule has 2 saturated heterocycles. The van der Waals surface area contributed by atoms with Gasteiger partial charge in [0.1, 0.15) is 0 Å².